The molecule has 6 nitrogen and oxygen atoms in total. The van der Waals surface area contributed by atoms with Crippen LogP contribution in [0.25, 0.3) is 5.78 Å². The van der Waals surface area contributed by atoms with Crippen molar-refractivity contribution in [3.05, 3.63) is 23.8 Å². The summed E-state index contributed by atoms with van der Waals surface area (Å²) in [5.74, 6) is -0.258. The highest BCUT2D eigenvalue weighted by Gasteiger charge is 2.37. The van der Waals surface area contributed by atoms with Gasteiger partial charge in [-0.05, 0) is 50.5 Å². The molecule has 9 heteroatoms. The van der Waals surface area contributed by atoms with Crippen LogP contribution in [0.5, 0.6) is 0 Å². The molecule has 140 valence electrons. The highest BCUT2D eigenvalue weighted by molar-refractivity contribution is 5.80. The molecule has 1 N–H and O–H groups in total. The highest BCUT2D eigenvalue weighted by Crippen LogP contribution is 2.36. The molecule has 0 radical (unpaired) electrons. The Labute approximate surface area is 148 Å². The van der Waals surface area contributed by atoms with E-state index in [0.29, 0.717) is 12.5 Å². The molecule has 0 saturated heterocycles. The van der Waals surface area contributed by atoms with Gasteiger partial charge in [0.25, 0.3) is 11.6 Å². The first kappa shape index (κ1) is 17.2. The molecule has 0 atom stereocenters. The first-order chi connectivity index (χ1) is 12.4. The Morgan fingerprint density at radius 1 is 1.19 bits per heavy atom. The summed E-state index contributed by atoms with van der Waals surface area (Å²) in [4.78, 5) is 19.1. The molecule has 2 aromatic rings. The lowest BCUT2D eigenvalue weighted by Crippen LogP contribution is -2.32. The van der Waals surface area contributed by atoms with E-state index >= 15 is 0 Å². The van der Waals surface area contributed by atoms with Crippen molar-refractivity contribution in [1.82, 2.24) is 24.9 Å². The van der Waals surface area contributed by atoms with Gasteiger partial charge in [0.1, 0.15) is 0 Å². The molecule has 2 aromatic heterocycles. The molecule has 0 bridgehead atoms. The number of carbonyl (C=O) groups excluding carboxylic acids is 1. The molecule has 0 unspecified atom stereocenters. The zero-order valence-electron chi connectivity index (χ0n) is 14.2. The standard InChI is InChI=1S/C17H20F3N5O/c18-17(19,20)15-23-16-21-8-7-13(25(16)24-15)11-3-1-10(2-4-11)9-22-14(26)12-5-6-12/h7-8,10-12H,1-6,9H2,(H,22,26). The van der Waals surface area contributed by atoms with Gasteiger partial charge in [0.2, 0.25) is 5.91 Å². The van der Waals surface area contributed by atoms with Crippen molar-refractivity contribution in [3.63, 3.8) is 0 Å². The van der Waals surface area contributed by atoms with Crippen LogP contribution in [-0.2, 0) is 11.0 Å². The summed E-state index contributed by atoms with van der Waals surface area (Å²) in [7, 11) is 0. The fourth-order valence-corrected chi connectivity index (χ4v) is 3.64. The molecule has 2 saturated carbocycles. The quantitative estimate of drug-likeness (QED) is 0.902. The number of amides is 1. The fourth-order valence-electron chi connectivity index (χ4n) is 3.64. The van der Waals surface area contributed by atoms with Crippen LogP contribution in [0.2, 0.25) is 0 Å². The Kier molecular flexibility index (Phi) is 4.32. The van der Waals surface area contributed by atoms with Gasteiger partial charge < -0.3 is 5.32 Å². The van der Waals surface area contributed by atoms with Gasteiger partial charge in [0.15, 0.2) is 0 Å². The number of halogens is 3. The second-order valence-electron chi connectivity index (χ2n) is 7.25. The molecule has 2 aliphatic rings. The third kappa shape index (κ3) is 3.52. The molecule has 26 heavy (non-hydrogen) atoms. The van der Waals surface area contributed by atoms with Crippen LogP contribution in [0.1, 0.15) is 56.0 Å². The molecular weight excluding hydrogens is 347 g/mol. The normalized spacial score (nSPS) is 24.0. The minimum atomic E-state index is -4.58. The van der Waals surface area contributed by atoms with Crippen molar-refractivity contribution in [2.75, 3.05) is 6.54 Å². The zero-order chi connectivity index (χ0) is 18.3. The van der Waals surface area contributed by atoms with Crippen LogP contribution in [0.3, 0.4) is 0 Å². The Bertz CT molecular complexity index is 806. The topological polar surface area (TPSA) is 72.2 Å². The van der Waals surface area contributed by atoms with E-state index in [0.717, 1.165) is 44.2 Å². The number of rotatable bonds is 4. The first-order valence-corrected chi connectivity index (χ1v) is 8.98. The second-order valence-corrected chi connectivity index (χ2v) is 7.25. The van der Waals surface area contributed by atoms with Crippen molar-refractivity contribution in [2.45, 2.75) is 50.6 Å². The summed E-state index contributed by atoms with van der Waals surface area (Å²) in [6, 6.07) is 1.72. The number of alkyl halides is 3. The molecule has 2 heterocycles. The lowest BCUT2D eigenvalue weighted by molar-refractivity contribution is -0.144. The van der Waals surface area contributed by atoms with Gasteiger partial charge in [0.05, 0.1) is 5.69 Å². The molecule has 4 rings (SSSR count). The van der Waals surface area contributed by atoms with E-state index in [1.165, 1.54) is 10.7 Å². The van der Waals surface area contributed by atoms with Crippen LogP contribution in [0.15, 0.2) is 12.3 Å². The summed E-state index contributed by atoms with van der Waals surface area (Å²) < 4.78 is 39.8. The predicted octanol–water partition coefficient (Wildman–Crippen LogP) is 2.94. The van der Waals surface area contributed by atoms with Crippen molar-refractivity contribution >= 4 is 11.7 Å². The molecule has 0 aromatic carbocycles. The average molecular weight is 367 g/mol. The van der Waals surface area contributed by atoms with Crippen LogP contribution < -0.4 is 5.32 Å². The molecular formula is C17H20F3N5O. The van der Waals surface area contributed by atoms with Gasteiger partial charge in [-0.3, -0.25) is 4.79 Å². The minimum absolute atomic E-state index is 0.0198. The number of nitrogens with one attached hydrogen (secondary N) is 1. The van der Waals surface area contributed by atoms with E-state index < -0.39 is 12.0 Å². The summed E-state index contributed by atoms with van der Waals surface area (Å²) in [6.07, 6.45) is 2.46. The maximum absolute atomic E-state index is 12.9. The van der Waals surface area contributed by atoms with E-state index in [2.05, 4.69) is 20.4 Å². The van der Waals surface area contributed by atoms with Crippen LogP contribution in [-0.4, -0.2) is 32.0 Å². The molecule has 0 spiro atoms. The number of hydrogen-bond donors (Lipinski definition) is 1. The van der Waals surface area contributed by atoms with Crippen LogP contribution in [0.4, 0.5) is 13.2 Å². The van der Waals surface area contributed by atoms with Crippen molar-refractivity contribution < 1.29 is 18.0 Å². The second kappa shape index (κ2) is 6.51. The summed E-state index contributed by atoms with van der Waals surface area (Å²) in [5.41, 5.74) is 0.721. The van der Waals surface area contributed by atoms with Crippen molar-refractivity contribution in [1.29, 1.82) is 0 Å². The maximum Gasteiger partial charge on any atom is 0.453 e. The zero-order valence-corrected chi connectivity index (χ0v) is 14.2. The third-order valence-corrected chi connectivity index (χ3v) is 5.30. The summed E-state index contributed by atoms with van der Waals surface area (Å²) in [6.45, 7) is 0.690. The van der Waals surface area contributed by atoms with E-state index in [9.17, 15) is 18.0 Å². The molecule has 0 aliphatic heterocycles. The SMILES string of the molecule is O=C(NCC1CCC(c2ccnc3nc(C(F)(F)F)nn23)CC1)C1CC1. The molecule has 2 fully saturated rings. The first-order valence-electron chi connectivity index (χ1n) is 8.98. The van der Waals surface area contributed by atoms with Gasteiger partial charge in [-0.2, -0.15) is 18.2 Å². The van der Waals surface area contributed by atoms with E-state index in [-0.39, 0.29) is 23.5 Å². The number of carbonyl (C=O) groups is 1. The van der Waals surface area contributed by atoms with Gasteiger partial charge in [-0.25, -0.2) is 9.50 Å². The Hall–Kier alpha value is -2.19. The van der Waals surface area contributed by atoms with Gasteiger partial charge in [0, 0.05) is 24.6 Å². The monoisotopic (exact) mass is 367 g/mol. The van der Waals surface area contributed by atoms with Crippen molar-refractivity contribution in [2.24, 2.45) is 11.8 Å². The fraction of sp³-hybridized carbons (Fsp3) is 0.647. The lowest BCUT2D eigenvalue weighted by atomic mass is 9.80. The van der Waals surface area contributed by atoms with Gasteiger partial charge in [-0.15, -0.1) is 5.10 Å². The van der Waals surface area contributed by atoms with E-state index in [1.54, 1.807) is 6.07 Å². The van der Waals surface area contributed by atoms with Crippen molar-refractivity contribution in [3.8, 4) is 0 Å². The predicted molar refractivity (Wildman–Crippen MR) is 86.2 cm³/mol. The highest BCUT2D eigenvalue weighted by atomic mass is 19.4. The smallest absolute Gasteiger partial charge is 0.356 e. The number of nitrogens with zero attached hydrogens (tertiary/aromatic N) is 4. The number of hydrogen-bond acceptors (Lipinski definition) is 4. The summed E-state index contributed by atoms with van der Waals surface area (Å²) >= 11 is 0. The van der Waals surface area contributed by atoms with E-state index in [4.69, 9.17) is 0 Å². The lowest BCUT2D eigenvalue weighted by Gasteiger charge is -2.28. The third-order valence-electron chi connectivity index (χ3n) is 5.30. The van der Waals surface area contributed by atoms with Gasteiger partial charge >= 0.3 is 6.18 Å². The maximum atomic E-state index is 12.9. The van der Waals surface area contributed by atoms with Gasteiger partial charge in [-0.1, -0.05) is 0 Å². The van der Waals surface area contributed by atoms with E-state index in [1.807, 2.05) is 0 Å². The Balaban J connectivity index is 1.42. The average Bonchev–Trinajstić information content (AvgIpc) is 3.37. The van der Waals surface area contributed by atoms with Crippen LogP contribution in [0, 0.1) is 11.8 Å². The number of aromatic nitrogens is 4. The Morgan fingerprint density at radius 2 is 1.92 bits per heavy atom. The summed E-state index contributed by atoms with van der Waals surface area (Å²) in [5, 5.41) is 6.64. The number of fused-ring (bicyclic) bond motifs is 1. The van der Waals surface area contributed by atoms with Crippen LogP contribution >= 0.6 is 0 Å². The molecule has 1 amide bonds. The largest absolute Gasteiger partial charge is 0.453 e. The Morgan fingerprint density at radius 3 is 2.58 bits per heavy atom. The molecule has 2 aliphatic carbocycles. The minimum Gasteiger partial charge on any atom is -0.356 e.